The minimum atomic E-state index is -0.370. The lowest BCUT2D eigenvalue weighted by atomic mass is 9.75. The van der Waals surface area contributed by atoms with E-state index in [2.05, 4.69) is 39.8 Å². The maximum atomic E-state index is 9.10. The molecule has 0 aliphatic heterocycles. The van der Waals surface area contributed by atoms with E-state index in [4.69, 9.17) is 15.6 Å². The molecule has 1 aromatic carbocycles. The van der Waals surface area contributed by atoms with Crippen molar-refractivity contribution in [2.24, 2.45) is 5.73 Å². The van der Waals surface area contributed by atoms with E-state index < -0.39 is 0 Å². The van der Waals surface area contributed by atoms with Crippen molar-refractivity contribution in [2.75, 3.05) is 6.61 Å². The van der Waals surface area contributed by atoms with Gasteiger partial charge in [0.1, 0.15) is 11.4 Å². The number of aliphatic hydroxyl groups excluding tert-OH is 1. The molecule has 21 heavy (non-hydrogen) atoms. The lowest BCUT2D eigenvalue weighted by molar-refractivity contribution is 0.0763. The SMILES string of the molecule is CC(C)(N)CC(C)(C)c1cccc(OC(C)(C)CCO)c1. The number of hydrogen-bond acceptors (Lipinski definition) is 3. The smallest absolute Gasteiger partial charge is 0.120 e. The molecule has 3 nitrogen and oxygen atoms in total. The number of rotatable bonds is 7. The molecule has 1 rings (SSSR count). The first-order valence-electron chi connectivity index (χ1n) is 7.65. The molecule has 0 unspecified atom stereocenters. The standard InChI is InChI=1S/C18H31NO2/c1-16(2,13-17(3,4)19)14-8-7-9-15(12-14)21-18(5,6)10-11-20/h7-9,12,20H,10-11,13,19H2,1-6H3. The van der Waals surface area contributed by atoms with E-state index in [0.29, 0.717) is 6.42 Å². The molecular weight excluding hydrogens is 262 g/mol. The Labute approximate surface area is 129 Å². The van der Waals surface area contributed by atoms with Gasteiger partial charge in [-0.05, 0) is 57.2 Å². The molecule has 0 heterocycles. The quantitative estimate of drug-likeness (QED) is 0.807. The molecule has 0 amide bonds. The molecule has 0 aliphatic rings. The molecule has 1 aromatic rings. The maximum absolute atomic E-state index is 9.10. The summed E-state index contributed by atoms with van der Waals surface area (Å²) >= 11 is 0. The van der Waals surface area contributed by atoms with Crippen LogP contribution >= 0.6 is 0 Å². The van der Waals surface area contributed by atoms with Gasteiger partial charge in [0.15, 0.2) is 0 Å². The van der Waals surface area contributed by atoms with Gasteiger partial charge in [0, 0.05) is 18.6 Å². The van der Waals surface area contributed by atoms with Gasteiger partial charge in [0.2, 0.25) is 0 Å². The van der Waals surface area contributed by atoms with Gasteiger partial charge in [-0.3, -0.25) is 0 Å². The molecule has 0 saturated heterocycles. The first kappa shape index (κ1) is 18.0. The van der Waals surface area contributed by atoms with Crippen molar-refractivity contribution in [2.45, 2.75) is 70.9 Å². The zero-order valence-corrected chi connectivity index (χ0v) is 14.4. The summed E-state index contributed by atoms with van der Waals surface area (Å²) in [5, 5.41) is 9.10. The van der Waals surface area contributed by atoms with Crippen LogP contribution in [0.4, 0.5) is 0 Å². The van der Waals surface area contributed by atoms with Crippen LogP contribution in [-0.2, 0) is 5.41 Å². The lowest BCUT2D eigenvalue weighted by Crippen LogP contribution is -2.39. The first-order chi connectivity index (χ1) is 9.45. The Morgan fingerprint density at radius 3 is 2.24 bits per heavy atom. The Morgan fingerprint density at radius 1 is 1.10 bits per heavy atom. The highest BCUT2D eigenvalue weighted by Crippen LogP contribution is 2.33. The van der Waals surface area contributed by atoms with E-state index in [1.165, 1.54) is 5.56 Å². The van der Waals surface area contributed by atoms with Gasteiger partial charge >= 0.3 is 0 Å². The van der Waals surface area contributed by atoms with Gasteiger partial charge in [0.25, 0.3) is 0 Å². The van der Waals surface area contributed by atoms with Crippen molar-refractivity contribution < 1.29 is 9.84 Å². The monoisotopic (exact) mass is 293 g/mol. The van der Waals surface area contributed by atoms with E-state index in [1.54, 1.807) is 0 Å². The summed E-state index contributed by atoms with van der Waals surface area (Å²) in [5.74, 6) is 0.842. The van der Waals surface area contributed by atoms with Crippen molar-refractivity contribution in [1.82, 2.24) is 0 Å². The van der Waals surface area contributed by atoms with Gasteiger partial charge in [0.05, 0.1) is 0 Å². The second-order valence-electron chi connectivity index (χ2n) is 7.91. The van der Waals surface area contributed by atoms with Crippen molar-refractivity contribution in [3.05, 3.63) is 29.8 Å². The normalized spacial score (nSPS) is 13.3. The van der Waals surface area contributed by atoms with Gasteiger partial charge in [-0.25, -0.2) is 0 Å². The molecule has 0 saturated carbocycles. The van der Waals surface area contributed by atoms with E-state index in [1.807, 2.05) is 26.0 Å². The third-order valence-electron chi connectivity index (χ3n) is 3.62. The molecule has 0 radical (unpaired) electrons. The molecule has 3 N–H and O–H groups in total. The molecule has 0 aliphatic carbocycles. The van der Waals surface area contributed by atoms with Crippen LogP contribution in [0.25, 0.3) is 0 Å². The fraction of sp³-hybridized carbons (Fsp3) is 0.667. The van der Waals surface area contributed by atoms with E-state index >= 15 is 0 Å². The summed E-state index contributed by atoms with van der Waals surface area (Å²) in [7, 11) is 0. The van der Waals surface area contributed by atoms with Crippen LogP contribution in [0.15, 0.2) is 24.3 Å². The number of benzene rings is 1. The van der Waals surface area contributed by atoms with Gasteiger partial charge in [-0.2, -0.15) is 0 Å². The third-order valence-corrected chi connectivity index (χ3v) is 3.62. The van der Waals surface area contributed by atoms with E-state index in [-0.39, 0.29) is 23.2 Å². The second kappa shape index (κ2) is 6.37. The molecule has 0 spiro atoms. The van der Waals surface area contributed by atoms with Crippen LogP contribution in [0, 0.1) is 0 Å². The fourth-order valence-corrected chi connectivity index (χ4v) is 2.86. The van der Waals surface area contributed by atoms with Gasteiger partial charge in [-0.1, -0.05) is 26.0 Å². The highest BCUT2D eigenvalue weighted by atomic mass is 16.5. The van der Waals surface area contributed by atoms with Crippen LogP contribution in [-0.4, -0.2) is 22.9 Å². The van der Waals surface area contributed by atoms with Crippen LogP contribution in [0.2, 0.25) is 0 Å². The average Bonchev–Trinajstić information content (AvgIpc) is 2.25. The topological polar surface area (TPSA) is 55.5 Å². The summed E-state index contributed by atoms with van der Waals surface area (Å²) < 4.78 is 6.02. The van der Waals surface area contributed by atoms with Gasteiger partial charge in [-0.15, -0.1) is 0 Å². The highest BCUT2D eigenvalue weighted by Gasteiger charge is 2.28. The van der Waals surface area contributed by atoms with Crippen molar-refractivity contribution in [3.8, 4) is 5.75 Å². The van der Waals surface area contributed by atoms with Crippen LogP contribution < -0.4 is 10.5 Å². The summed E-state index contributed by atoms with van der Waals surface area (Å²) in [6.07, 6.45) is 1.50. The minimum absolute atomic E-state index is 0.0151. The predicted molar refractivity (Wildman–Crippen MR) is 88.8 cm³/mol. The molecule has 0 atom stereocenters. The number of hydrogen-bond donors (Lipinski definition) is 2. The van der Waals surface area contributed by atoms with Crippen molar-refractivity contribution in [3.63, 3.8) is 0 Å². The lowest BCUT2D eigenvalue weighted by Gasteiger charge is -2.33. The zero-order valence-electron chi connectivity index (χ0n) is 14.4. The summed E-state index contributed by atoms with van der Waals surface area (Å²) in [6, 6.07) is 8.19. The largest absolute Gasteiger partial charge is 0.488 e. The zero-order chi connectivity index (χ0) is 16.3. The van der Waals surface area contributed by atoms with Crippen molar-refractivity contribution >= 4 is 0 Å². The Morgan fingerprint density at radius 2 is 1.71 bits per heavy atom. The number of nitrogens with two attached hydrogens (primary N) is 1. The summed E-state index contributed by atoms with van der Waals surface area (Å²) in [6.45, 7) is 12.6. The second-order valence-corrected chi connectivity index (χ2v) is 7.91. The fourth-order valence-electron chi connectivity index (χ4n) is 2.86. The average molecular weight is 293 g/mol. The van der Waals surface area contributed by atoms with Gasteiger partial charge < -0.3 is 15.6 Å². The summed E-state index contributed by atoms with van der Waals surface area (Å²) in [4.78, 5) is 0. The predicted octanol–water partition coefficient (Wildman–Crippen LogP) is 3.63. The maximum Gasteiger partial charge on any atom is 0.120 e. The molecule has 3 heteroatoms. The first-order valence-corrected chi connectivity index (χ1v) is 7.65. The van der Waals surface area contributed by atoms with E-state index in [0.717, 1.165) is 12.2 Å². The Hall–Kier alpha value is -1.06. The van der Waals surface area contributed by atoms with E-state index in [9.17, 15) is 0 Å². The number of ether oxygens (including phenoxy) is 1. The molecule has 0 fully saturated rings. The Balaban J connectivity index is 2.95. The Kier molecular flexibility index (Phi) is 5.46. The molecular formula is C18H31NO2. The summed E-state index contributed by atoms with van der Waals surface area (Å²) in [5.41, 5.74) is 6.80. The minimum Gasteiger partial charge on any atom is -0.488 e. The van der Waals surface area contributed by atoms with Crippen LogP contribution in [0.3, 0.4) is 0 Å². The number of aliphatic hydroxyl groups is 1. The molecule has 0 bridgehead atoms. The third kappa shape index (κ3) is 6.06. The van der Waals surface area contributed by atoms with Crippen LogP contribution in [0.5, 0.6) is 5.75 Å². The Bertz CT molecular complexity index is 459. The van der Waals surface area contributed by atoms with Crippen LogP contribution in [0.1, 0.15) is 59.9 Å². The van der Waals surface area contributed by atoms with Crippen molar-refractivity contribution in [1.29, 1.82) is 0 Å². The molecule has 0 aromatic heterocycles. The molecule has 120 valence electrons. The highest BCUT2D eigenvalue weighted by molar-refractivity contribution is 5.33.